The zero-order chi connectivity index (χ0) is 15.2. The second kappa shape index (κ2) is 7.50. The fourth-order valence-electron chi connectivity index (χ4n) is 2.17. The van der Waals surface area contributed by atoms with Gasteiger partial charge in [-0.05, 0) is 31.6 Å². The van der Waals surface area contributed by atoms with E-state index in [-0.39, 0.29) is 25.3 Å². The Kier molecular flexibility index (Phi) is 6.29. The molecule has 1 N–H and O–H groups in total. The van der Waals surface area contributed by atoms with Crippen LogP contribution in [0.15, 0.2) is 0 Å². The number of carboxylic acids is 1. The Hall–Kier alpha value is -1.27. The highest BCUT2D eigenvalue weighted by molar-refractivity contribution is 5.76. The maximum absolute atomic E-state index is 12.5. The molecule has 4 nitrogen and oxygen atoms in total. The number of aliphatic carboxylic acids is 1. The van der Waals surface area contributed by atoms with Crippen molar-refractivity contribution in [1.82, 2.24) is 4.90 Å². The van der Waals surface area contributed by atoms with Crippen molar-refractivity contribution in [2.75, 3.05) is 13.1 Å². The lowest BCUT2D eigenvalue weighted by Crippen LogP contribution is -2.42. The summed E-state index contributed by atoms with van der Waals surface area (Å²) < 4.78 is 37.4. The van der Waals surface area contributed by atoms with Crippen LogP contribution in [0, 0.1) is 5.92 Å². The van der Waals surface area contributed by atoms with E-state index in [9.17, 15) is 22.8 Å². The molecule has 0 radical (unpaired) electrons. The third-order valence-corrected chi connectivity index (χ3v) is 3.46. The van der Waals surface area contributed by atoms with E-state index in [0.717, 1.165) is 24.2 Å². The van der Waals surface area contributed by atoms with Gasteiger partial charge in [-0.3, -0.25) is 9.59 Å². The summed E-state index contributed by atoms with van der Waals surface area (Å²) in [5, 5.41) is 8.46. The van der Waals surface area contributed by atoms with E-state index in [2.05, 4.69) is 0 Å². The number of unbranched alkanes of at least 4 members (excludes halogenated alkanes) is 1. The van der Waals surface area contributed by atoms with Crippen LogP contribution in [0.5, 0.6) is 0 Å². The van der Waals surface area contributed by atoms with Gasteiger partial charge in [0.15, 0.2) is 0 Å². The third kappa shape index (κ3) is 6.77. The molecule has 116 valence electrons. The molecule has 0 atom stereocenters. The predicted molar refractivity (Wildman–Crippen MR) is 66.1 cm³/mol. The molecule has 1 fully saturated rings. The number of nitrogens with zero attached hydrogens (tertiary/aromatic N) is 1. The molecule has 1 aliphatic rings. The predicted octanol–water partition coefficient (Wildman–Crippen LogP) is 2.82. The van der Waals surface area contributed by atoms with E-state index in [1.807, 2.05) is 0 Å². The monoisotopic (exact) mass is 295 g/mol. The summed E-state index contributed by atoms with van der Waals surface area (Å²) in [6.07, 6.45) is -1.08. The van der Waals surface area contributed by atoms with Crippen LogP contribution in [0.2, 0.25) is 0 Å². The lowest BCUT2D eigenvalue weighted by molar-refractivity contribution is -0.163. The highest BCUT2D eigenvalue weighted by atomic mass is 19.4. The van der Waals surface area contributed by atoms with Gasteiger partial charge in [-0.2, -0.15) is 13.2 Å². The van der Waals surface area contributed by atoms with Crippen LogP contribution < -0.4 is 0 Å². The van der Waals surface area contributed by atoms with Crippen LogP contribution >= 0.6 is 0 Å². The first kappa shape index (κ1) is 16.8. The summed E-state index contributed by atoms with van der Waals surface area (Å²) in [6.45, 7) is -1.04. The first-order valence-corrected chi connectivity index (χ1v) is 6.84. The number of carboxylic acid groups (broad SMARTS) is 1. The minimum atomic E-state index is -4.39. The summed E-state index contributed by atoms with van der Waals surface area (Å²) in [6, 6.07) is 0. The van der Waals surface area contributed by atoms with Crippen LogP contribution in [-0.2, 0) is 9.59 Å². The van der Waals surface area contributed by atoms with E-state index >= 15 is 0 Å². The molecular weight excluding hydrogens is 275 g/mol. The van der Waals surface area contributed by atoms with Gasteiger partial charge in [0.1, 0.15) is 6.54 Å². The molecule has 0 unspecified atom stereocenters. The van der Waals surface area contributed by atoms with Crippen molar-refractivity contribution >= 4 is 11.9 Å². The summed E-state index contributed by atoms with van der Waals surface area (Å²) in [4.78, 5) is 23.0. The highest BCUT2D eigenvalue weighted by Crippen LogP contribution is 2.28. The van der Waals surface area contributed by atoms with Gasteiger partial charge in [0.25, 0.3) is 0 Å². The quantitative estimate of drug-likeness (QED) is 0.701. The first-order valence-electron chi connectivity index (χ1n) is 6.84. The number of rotatable bonds is 8. The molecule has 1 saturated carbocycles. The van der Waals surface area contributed by atoms with Gasteiger partial charge in [0.05, 0.1) is 0 Å². The second-order valence-electron chi connectivity index (χ2n) is 5.29. The highest BCUT2D eigenvalue weighted by Gasteiger charge is 2.34. The molecule has 0 spiro atoms. The topological polar surface area (TPSA) is 57.6 Å². The van der Waals surface area contributed by atoms with E-state index in [4.69, 9.17) is 5.11 Å². The minimum absolute atomic E-state index is 0.0178. The van der Waals surface area contributed by atoms with Gasteiger partial charge in [0.2, 0.25) is 5.91 Å². The van der Waals surface area contributed by atoms with Crippen LogP contribution in [0.25, 0.3) is 0 Å². The fraction of sp³-hybridized carbons (Fsp3) is 0.846. The molecule has 0 bridgehead atoms. The Bertz CT molecular complexity index is 340. The Morgan fingerprint density at radius 3 is 2.20 bits per heavy atom. The fourth-order valence-corrected chi connectivity index (χ4v) is 2.17. The van der Waals surface area contributed by atoms with Gasteiger partial charge in [-0.25, -0.2) is 0 Å². The first-order chi connectivity index (χ1) is 9.28. The molecule has 0 aliphatic heterocycles. The summed E-state index contributed by atoms with van der Waals surface area (Å²) >= 11 is 0. The Morgan fingerprint density at radius 2 is 1.75 bits per heavy atom. The van der Waals surface area contributed by atoms with Gasteiger partial charge in [0, 0.05) is 19.4 Å². The van der Waals surface area contributed by atoms with Gasteiger partial charge in [-0.15, -0.1) is 0 Å². The smallest absolute Gasteiger partial charge is 0.406 e. The van der Waals surface area contributed by atoms with Crippen LogP contribution in [-0.4, -0.2) is 41.1 Å². The molecule has 0 aromatic heterocycles. The average molecular weight is 295 g/mol. The maximum Gasteiger partial charge on any atom is 0.406 e. The van der Waals surface area contributed by atoms with E-state index < -0.39 is 24.6 Å². The summed E-state index contributed by atoms with van der Waals surface area (Å²) in [7, 11) is 0. The lowest BCUT2D eigenvalue weighted by Gasteiger charge is -2.33. The van der Waals surface area contributed by atoms with E-state index in [1.165, 1.54) is 0 Å². The Morgan fingerprint density at radius 1 is 1.15 bits per heavy atom. The van der Waals surface area contributed by atoms with Crippen molar-refractivity contribution in [3.63, 3.8) is 0 Å². The van der Waals surface area contributed by atoms with E-state index in [0.29, 0.717) is 12.8 Å². The lowest BCUT2D eigenvalue weighted by atomic mass is 9.85. The molecule has 1 amide bonds. The normalized spacial score (nSPS) is 15.8. The summed E-state index contributed by atoms with van der Waals surface area (Å²) in [5.74, 6) is -1.31. The van der Waals surface area contributed by atoms with Crippen LogP contribution in [0.3, 0.4) is 0 Å². The van der Waals surface area contributed by atoms with Crippen molar-refractivity contribution < 1.29 is 27.9 Å². The molecule has 1 aliphatic carbocycles. The summed E-state index contributed by atoms with van der Waals surface area (Å²) in [5.41, 5.74) is 0. The third-order valence-electron chi connectivity index (χ3n) is 3.46. The zero-order valence-corrected chi connectivity index (χ0v) is 11.3. The number of carbonyl (C=O) groups is 2. The number of halogens is 3. The van der Waals surface area contributed by atoms with Crippen molar-refractivity contribution in [2.45, 2.75) is 51.1 Å². The molecule has 20 heavy (non-hydrogen) atoms. The van der Waals surface area contributed by atoms with Gasteiger partial charge in [-0.1, -0.05) is 6.42 Å². The molecule has 1 rings (SSSR count). The number of alkyl halides is 3. The van der Waals surface area contributed by atoms with Crippen LogP contribution in [0.1, 0.15) is 44.9 Å². The number of hydrogen-bond acceptors (Lipinski definition) is 2. The second-order valence-corrected chi connectivity index (χ2v) is 5.29. The van der Waals surface area contributed by atoms with Gasteiger partial charge >= 0.3 is 12.1 Å². The number of carbonyl (C=O) groups excluding carboxylic acids is 1. The van der Waals surface area contributed by atoms with Gasteiger partial charge < -0.3 is 10.0 Å². The molecule has 0 aromatic rings. The Balaban J connectivity index is 2.39. The molecule has 7 heteroatoms. The van der Waals surface area contributed by atoms with Crippen LogP contribution in [0.4, 0.5) is 13.2 Å². The Labute approximate surface area is 115 Å². The van der Waals surface area contributed by atoms with Crippen molar-refractivity contribution in [2.24, 2.45) is 5.92 Å². The maximum atomic E-state index is 12.5. The van der Waals surface area contributed by atoms with Crippen molar-refractivity contribution in [3.05, 3.63) is 0 Å². The molecule has 0 heterocycles. The minimum Gasteiger partial charge on any atom is -0.481 e. The average Bonchev–Trinajstić information content (AvgIpc) is 2.25. The van der Waals surface area contributed by atoms with Crippen molar-refractivity contribution in [1.29, 1.82) is 0 Å². The SMILES string of the molecule is O=C(O)CCCCC(=O)N(CC1CCC1)CC(F)(F)F. The molecule has 0 saturated heterocycles. The zero-order valence-electron chi connectivity index (χ0n) is 11.3. The van der Waals surface area contributed by atoms with E-state index in [1.54, 1.807) is 0 Å². The number of hydrogen-bond donors (Lipinski definition) is 1. The largest absolute Gasteiger partial charge is 0.481 e. The molecule has 0 aromatic carbocycles. The number of amides is 1. The molecular formula is C13H20F3NO3. The van der Waals surface area contributed by atoms with Crippen molar-refractivity contribution in [3.8, 4) is 0 Å². The standard InChI is InChI=1S/C13H20F3NO3/c14-13(15,16)9-17(8-10-4-3-5-10)11(18)6-1-2-7-12(19)20/h10H,1-9H2,(H,19,20).